The predicted octanol–water partition coefficient (Wildman–Crippen LogP) is 4.21. The zero-order valence-electron chi connectivity index (χ0n) is 10.1. The first kappa shape index (κ1) is 20.6. The van der Waals surface area contributed by atoms with Crippen LogP contribution in [-0.4, -0.2) is 40.4 Å². The molecule has 2 nitrogen and oxygen atoms in total. The molecule has 0 aliphatic rings. The highest BCUT2D eigenvalue weighted by atomic mass is 127. The summed E-state index contributed by atoms with van der Waals surface area (Å²) in [4.78, 5) is 11.0. The van der Waals surface area contributed by atoms with Gasteiger partial charge in [0.1, 0.15) is 3.92 Å². The zero-order valence-corrected chi connectivity index (χ0v) is 12.2. The van der Waals surface area contributed by atoms with Crippen molar-refractivity contribution in [3.8, 4) is 0 Å². The van der Waals surface area contributed by atoms with Crippen LogP contribution >= 0.6 is 22.6 Å². The number of esters is 1. The number of rotatable bonds is 5. The van der Waals surface area contributed by atoms with Crippen molar-refractivity contribution in [3.05, 3.63) is 0 Å². The SMILES string of the molecule is CCOC(=O)C(I)CC(F)(C(F)(F)F)C(F)(F)C(F)(F)F. The number of carbonyl (C=O) groups excluding carboxylic acids is 1. The third-order valence-corrected chi connectivity index (χ3v) is 3.25. The van der Waals surface area contributed by atoms with Gasteiger partial charge in [0, 0.05) is 6.42 Å². The van der Waals surface area contributed by atoms with Crippen LogP contribution in [0.4, 0.5) is 39.5 Å². The molecule has 0 aromatic heterocycles. The minimum absolute atomic E-state index is 0.362. The molecule has 0 aliphatic heterocycles. The quantitative estimate of drug-likeness (QED) is 0.274. The second kappa shape index (κ2) is 6.36. The molecule has 0 bridgehead atoms. The van der Waals surface area contributed by atoms with Crippen LogP contribution in [0.1, 0.15) is 13.3 Å². The summed E-state index contributed by atoms with van der Waals surface area (Å²) >= 11 is 0.809. The maximum absolute atomic E-state index is 13.6. The molecule has 0 radical (unpaired) electrons. The van der Waals surface area contributed by atoms with Gasteiger partial charge in [-0.3, -0.25) is 4.79 Å². The van der Waals surface area contributed by atoms with Crippen molar-refractivity contribution >= 4 is 28.6 Å². The van der Waals surface area contributed by atoms with Crippen LogP contribution in [0.2, 0.25) is 0 Å². The minimum atomic E-state index is -6.78. The van der Waals surface area contributed by atoms with Crippen molar-refractivity contribution in [1.82, 2.24) is 0 Å². The molecule has 2 atom stereocenters. The molecular weight excluding hydrogens is 438 g/mol. The van der Waals surface area contributed by atoms with Crippen LogP contribution < -0.4 is 0 Å². The number of ether oxygens (including phenoxy) is 1. The maximum Gasteiger partial charge on any atom is 0.457 e. The monoisotopic (exact) mass is 446 g/mol. The molecule has 0 rings (SSSR count). The first-order chi connectivity index (χ1) is 9.12. The highest BCUT2D eigenvalue weighted by Gasteiger charge is 2.81. The second-order valence-electron chi connectivity index (χ2n) is 3.79. The molecule has 0 fully saturated rings. The summed E-state index contributed by atoms with van der Waals surface area (Å²) in [5.74, 6) is -8.24. The molecule has 0 spiro atoms. The Bertz CT molecular complexity index is 378. The summed E-state index contributed by atoms with van der Waals surface area (Å²) in [5.41, 5.74) is -5.95. The fraction of sp³-hybridized carbons (Fsp3) is 0.889. The van der Waals surface area contributed by atoms with E-state index in [0.717, 1.165) is 22.6 Å². The van der Waals surface area contributed by atoms with E-state index in [9.17, 15) is 44.3 Å². The molecule has 0 N–H and O–H groups in total. The zero-order chi connectivity index (χ0) is 17.3. The van der Waals surface area contributed by atoms with Gasteiger partial charge >= 0.3 is 24.2 Å². The van der Waals surface area contributed by atoms with Gasteiger partial charge in [0.15, 0.2) is 0 Å². The van der Waals surface area contributed by atoms with Crippen LogP contribution in [-0.2, 0) is 9.53 Å². The van der Waals surface area contributed by atoms with E-state index in [4.69, 9.17) is 0 Å². The molecule has 126 valence electrons. The number of hydrogen-bond donors (Lipinski definition) is 0. The number of hydrogen-bond acceptors (Lipinski definition) is 2. The average molecular weight is 446 g/mol. The lowest BCUT2D eigenvalue weighted by Gasteiger charge is -2.36. The lowest BCUT2D eigenvalue weighted by atomic mass is 9.90. The van der Waals surface area contributed by atoms with E-state index in [2.05, 4.69) is 4.74 Å². The summed E-state index contributed by atoms with van der Waals surface area (Å²) in [5, 5.41) is 0. The second-order valence-corrected chi connectivity index (χ2v) is 5.30. The third kappa shape index (κ3) is 4.06. The molecule has 0 aromatic rings. The Hall–Kier alpha value is -0.430. The van der Waals surface area contributed by atoms with E-state index in [0.29, 0.717) is 0 Å². The number of halogens is 10. The van der Waals surface area contributed by atoms with Crippen molar-refractivity contribution in [2.24, 2.45) is 0 Å². The van der Waals surface area contributed by atoms with E-state index in [1.807, 2.05) is 0 Å². The summed E-state index contributed by atoms with van der Waals surface area (Å²) in [6.07, 6.45) is -15.7. The fourth-order valence-corrected chi connectivity index (χ4v) is 2.00. The Morgan fingerprint density at radius 3 is 1.71 bits per heavy atom. The highest BCUT2D eigenvalue weighted by molar-refractivity contribution is 14.1. The van der Waals surface area contributed by atoms with Crippen LogP contribution in [0.3, 0.4) is 0 Å². The Labute approximate surface area is 126 Å². The Kier molecular flexibility index (Phi) is 6.23. The van der Waals surface area contributed by atoms with Crippen LogP contribution in [0, 0.1) is 0 Å². The van der Waals surface area contributed by atoms with Crippen molar-refractivity contribution < 1.29 is 49.0 Å². The molecule has 2 unspecified atom stereocenters. The van der Waals surface area contributed by atoms with Gasteiger partial charge in [-0.1, -0.05) is 22.6 Å². The van der Waals surface area contributed by atoms with E-state index in [-0.39, 0.29) is 6.61 Å². The van der Waals surface area contributed by atoms with E-state index < -0.39 is 40.3 Å². The van der Waals surface area contributed by atoms with Gasteiger partial charge in [0.25, 0.3) is 5.67 Å². The van der Waals surface area contributed by atoms with Crippen molar-refractivity contribution in [2.75, 3.05) is 6.61 Å². The maximum atomic E-state index is 13.6. The van der Waals surface area contributed by atoms with Gasteiger partial charge in [0.2, 0.25) is 0 Å². The molecule has 0 aliphatic carbocycles. The van der Waals surface area contributed by atoms with Gasteiger partial charge in [-0.25, -0.2) is 4.39 Å². The molecule has 21 heavy (non-hydrogen) atoms. The number of carbonyl (C=O) groups is 1. The van der Waals surface area contributed by atoms with E-state index >= 15 is 0 Å². The molecule has 0 saturated carbocycles. The van der Waals surface area contributed by atoms with Gasteiger partial charge in [0.05, 0.1) is 6.61 Å². The lowest BCUT2D eigenvalue weighted by molar-refractivity contribution is -0.384. The number of alkyl halides is 10. The molecule has 0 aromatic carbocycles. The summed E-state index contributed by atoms with van der Waals surface area (Å²) < 4.78 is 115. The van der Waals surface area contributed by atoms with Gasteiger partial charge in [-0.05, 0) is 6.92 Å². The van der Waals surface area contributed by atoms with Crippen LogP contribution in [0.25, 0.3) is 0 Å². The van der Waals surface area contributed by atoms with Crippen molar-refractivity contribution in [2.45, 2.75) is 41.2 Å². The molecule has 0 saturated heterocycles. The summed E-state index contributed by atoms with van der Waals surface area (Å²) in [6, 6.07) is 0. The Morgan fingerprint density at radius 2 is 1.43 bits per heavy atom. The topological polar surface area (TPSA) is 26.3 Å². The molecule has 0 amide bonds. The Balaban J connectivity index is 5.66. The smallest absolute Gasteiger partial charge is 0.457 e. The van der Waals surface area contributed by atoms with Crippen molar-refractivity contribution in [3.63, 3.8) is 0 Å². The fourth-order valence-electron chi connectivity index (χ4n) is 1.21. The van der Waals surface area contributed by atoms with E-state index in [1.165, 1.54) is 6.92 Å². The van der Waals surface area contributed by atoms with Crippen molar-refractivity contribution in [1.29, 1.82) is 0 Å². The third-order valence-electron chi connectivity index (χ3n) is 2.31. The van der Waals surface area contributed by atoms with Crippen LogP contribution in [0.5, 0.6) is 0 Å². The van der Waals surface area contributed by atoms with Crippen LogP contribution in [0.15, 0.2) is 0 Å². The first-order valence-electron chi connectivity index (χ1n) is 5.12. The molecule has 12 heteroatoms. The Morgan fingerprint density at radius 1 is 1.00 bits per heavy atom. The van der Waals surface area contributed by atoms with Gasteiger partial charge in [-0.15, -0.1) is 0 Å². The summed E-state index contributed by atoms with van der Waals surface area (Å²) in [6.45, 7) is 0.858. The molecule has 0 heterocycles. The minimum Gasteiger partial charge on any atom is -0.465 e. The van der Waals surface area contributed by atoms with Gasteiger partial charge in [-0.2, -0.15) is 35.1 Å². The normalized spacial score (nSPS) is 18.0. The largest absolute Gasteiger partial charge is 0.465 e. The van der Waals surface area contributed by atoms with Gasteiger partial charge < -0.3 is 4.74 Å². The first-order valence-corrected chi connectivity index (χ1v) is 6.37. The lowest BCUT2D eigenvalue weighted by Crippen LogP contribution is -2.63. The summed E-state index contributed by atoms with van der Waals surface area (Å²) in [7, 11) is 0. The molecular formula is C9H8F9IO2. The average Bonchev–Trinajstić information content (AvgIpc) is 2.25. The predicted molar refractivity (Wildman–Crippen MR) is 60.0 cm³/mol. The standard InChI is InChI=1S/C9H8F9IO2/c1-2-21-5(20)4(19)3-6(10,8(13,14)15)7(11,12)9(16,17)18/h4H,2-3H2,1H3. The highest BCUT2D eigenvalue weighted by Crippen LogP contribution is 2.55. The van der Waals surface area contributed by atoms with E-state index in [1.54, 1.807) is 0 Å².